The maximum atomic E-state index is 7.01. The fraction of sp³-hybridized carbons (Fsp3) is 0.0182. The van der Waals surface area contributed by atoms with Gasteiger partial charge in [0.05, 0.1) is 11.4 Å². The number of fused-ring (bicyclic) bond motifs is 12. The number of benzene rings is 8. The molecule has 10 aromatic rings. The number of hydrogen-bond donors (Lipinski definition) is 0. The molecular weight excluding hydrogens is 705 g/mol. The molecule has 2 aliphatic rings. The molecular formula is C55H34N2O. The lowest BCUT2D eigenvalue weighted by Gasteiger charge is -2.28. The first-order chi connectivity index (χ1) is 28.8. The van der Waals surface area contributed by atoms with Crippen molar-refractivity contribution >= 4 is 11.0 Å². The fourth-order valence-corrected chi connectivity index (χ4v) is 9.58. The van der Waals surface area contributed by atoms with Crippen LogP contribution in [0.5, 0.6) is 0 Å². The van der Waals surface area contributed by atoms with Crippen LogP contribution in [0.3, 0.4) is 0 Å². The molecule has 0 atom stereocenters. The minimum Gasteiger partial charge on any atom is -0.459 e. The summed E-state index contributed by atoms with van der Waals surface area (Å²) in [6, 6.07) is 73.4. The number of aromatic nitrogens is 2. The second-order valence-corrected chi connectivity index (χ2v) is 15.2. The lowest BCUT2D eigenvalue weighted by Crippen LogP contribution is -2.25. The van der Waals surface area contributed by atoms with E-state index in [9.17, 15) is 0 Å². The van der Waals surface area contributed by atoms with E-state index in [1.54, 1.807) is 0 Å². The molecule has 0 radical (unpaired) electrons. The van der Waals surface area contributed by atoms with Crippen molar-refractivity contribution in [2.75, 3.05) is 0 Å². The molecule has 12 rings (SSSR count). The van der Waals surface area contributed by atoms with Gasteiger partial charge in [0.1, 0.15) is 16.8 Å². The van der Waals surface area contributed by atoms with Gasteiger partial charge >= 0.3 is 0 Å². The summed E-state index contributed by atoms with van der Waals surface area (Å²) in [5.41, 5.74) is 18.3. The van der Waals surface area contributed by atoms with E-state index in [0.29, 0.717) is 5.82 Å². The Hall–Kier alpha value is -7.62. The number of para-hydroxylation sites is 1. The summed E-state index contributed by atoms with van der Waals surface area (Å²) in [5.74, 6) is 1.69. The number of furan rings is 1. The summed E-state index contributed by atoms with van der Waals surface area (Å²) < 4.78 is 7.01. The van der Waals surface area contributed by atoms with Gasteiger partial charge in [-0.3, -0.25) is 0 Å². The van der Waals surface area contributed by atoms with Gasteiger partial charge in [-0.15, -0.1) is 0 Å². The average molecular weight is 739 g/mol. The van der Waals surface area contributed by atoms with E-state index >= 15 is 0 Å². The largest absolute Gasteiger partial charge is 0.459 e. The van der Waals surface area contributed by atoms with Crippen LogP contribution in [-0.4, -0.2) is 9.97 Å². The van der Waals surface area contributed by atoms with Gasteiger partial charge in [-0.2, -0.15) is 0 Å². The van der Waals surface area contributed by atoms with Crippen LogP contribution >= 0.6 is 0 Å². The zero-order chi connectivity index (χ0) is 38.2. The quantitative estimate of drug-likeness (QED) is 0.176. The Morgan fingerprint density at radius 3 is 1.60 bits per heavy atom. The molecule has 2 aliphatic carbocycles. The Balaban J connectivity index is 1.06. The Morgan fingerprint density at radius 2 is 0.879 bits per heavy atom. The maximum absolute atomic E-state index is 7.01. The predicted octanol–water partition coefficient (Wildman–Crippen LogP) is 13.9. The molecule has 0 N–H and O–H groups in total. The van der Waals surface area contributed by atoms with Crippen LogP contribution < -0.4 is 0 Å². The molecule has 2 heterocycles. The van der Waals surface area contributed by atoms with Gasteiger partial charge in [0.25, 0.3) is 0 Å². The monoisotopic (exact) mass is 738 g/mol. The van der Waals surface area contributed by atoms with Gasteiger partial charge in [0.15, 0.2) is 5.82 Å². The number of nitrogens with zero attached hydrogens (tertiary/aromatic N) is 2. The summed E-state index contributed by atoms with van der Waals surface area (Å²) in [6.07, 6.45) is 0. The van der Waals surface area contributed by atoms with Crippen LogP contribution in [0.25, 0.3) is 89.4 Å². The molecule has 2 aromatic heterocycles. The van der Waals surface area contributed by atoms with Gasteiger partial charge in [-0.1, -0.05) is 188 Å². The topological polar surface area (TPSA) is 38.9 Å². The molecule has 0 amide bonds. The van der Waals surface area contributed by atoms with E-state index in [1.807, 2.05) is 12.1 Å². The molecule has 0 saturated carbocycles. The zero-order valence-corrected chi connectivity index (χ0v) is 31.4. The summed E-state index contributed by atoms with van der Waals surface area (Å²) in [4.78, 5) is 10.5. The highest BCUT2D eigenvalue weighted by Gasteiger charge is 2.55. The van der Waals surface area contributed by atoms with Gasteiger partial charge in [-0.05, 0) is 73.8 Å². The molecule has 0 saturated heterocycles. The molecule has 3 nitrogen and oxygen atoms in total. The molecule has 58 heavy (non-hydrogen) atoms. The summed E-state index contributed by atoms with van der Waals surface area (Å²) in [5, 5.41) is 1.14. The first kappa shape index (κ1) is 32.6. The van der Waals surface area contributed by atoms with Crippen LogP contribution in [0.15, 0.2) is 211 Å². The van der Waals surface area contributed by atoms with E-state index in [2.05, 4.69) is 194 Å². The van der Waals surface area contributed by atoms with Gasteiger partial charge in [0, 0.05) is 27.6 Å². The van der Waals surface area contributed by atoms with Crippen molar-refractivity contribution in [3.63, 3.8) is 0 Å². The lowest BCUT2D eigenvalue weighted by atomic mass is 9.72. The third-order valence-electron chi connectivity index (χ3n) is 12.1. The summed E-state index contributed by atoms with van der Waals surface area (Å²) in [6.45, 7) is 0. The van der Waals surface area contributed by atoms with E-state index in [1.165, 1.54) is 44.5 Å². The molecule has 0 unspecified atom stereocenters. The van der Waals surface area contributed by atoms with E-state index in [-0.39, 0.29) is 0 Å². The molecule has 0 fully saturated rings. The average Bonchev–Trinajstić information content (AvgIpc) is 3.93. The molecule has 0 bridgehead atoms. The predicted molar refractivity (Wildman–Crippen MR) is 235 cm³/mol. The highest BCUT2D eigenvalue weighted by molar-refractivity contribution is 6.05. The smallest absolute Gasteiger partial charge is 0.160 e. The molecule has 3 heteroatoms. The van der Waals surface area contributed by atoms with Crippen molar-refractivity contribution in [3.05, 3.63) is 229 Å². The third kappa shape index (κ3) is 4.74. The first-order valence-electron chi connectivity index (χ1n) is 19.8. The highest BCUT2D eigenvalue weighted by Crippen LogP contribution is 2.65. The Kier molecular flexibility index (Phi) is 7.14. The minimum atomic E-state index is -0.601. The second-order valence-electron chi connectivity index (χ2n) is 15.2. The van der Waals surface area contributed by atoms with Gasteiger partial charge in [0.2, 0.25) is 0 Å². The molecule has 1 spiro atoms. The number of rotatable bonds is 5. The highest BCUT2D eigenvalue weighted by atomic mass is 16.3. The maximum Gasteiger partial charge on any atom is 0.160 e. The standard InChI is InChI=1S/C55H34N2O/c1-3-15-35(16-4-1)36-27-29-38(30-28-36)54-56-49(37-17-5-2-6-18-37)34-50(57-54)43-22-8-7-19-40(43)39-31-32-44-48(33-39)55(53-52(44)45-23-11-14-26-51(45)58-53)46-24-12-9-20-41(46)42-21-10-13-25-47(42)55/h1-34H. The van der Waals surface area contributed by atoms with Crippen LogP contribution in [0, 0.1) is 0 Å². The van der Waals surface area contributed by atoms with E-state index in [0.717, 1.165) is 61.5 Å². The minimum absolute atomic E-state index is 0.601. The van der Waals surface area contributed by atoms with Gasteiger partial charge < -0.3 is 4.42 Å². The fourth-order valence-electron chi connectivity index (χ4n) is 9.58. The molecule has 270 valence electrons. The third-order valence-corrected chi connectivity index (χ3v) is 12.1. The second kappa shape index (κ2) is 12.7. The normalized spacial score (nSPS) is 13.0. The SMILES string of the molecule is c1ccc(-c2ccc(-c3nc(-c4ccccc4)cc(-c4ccccc4-c4ccc5c(c4)C4(c6ccccc6-c6ccccc64)c4oc6ccccc6c4-5)n3)cc2)cc1. The van der Waals surface area contributed by atoms with Crippen molar-refractivity contribution in [1.82, 2.24) is 9.97 Å². The van der Waals surface area contributed by atoms with Crippen molar-refractivity contribution < 1.29 is 4.42 Å². The number of hydrogen-bond acceptors (Lipinski definition) is 3. The van der Waals surface area contributed by atoms with E-state index in [4.69, 9.17) is 14.4 Å². The molecule has 0 aliphatic heterocycles. The molecule has 8 aromatic carbocycles. The lowest BCUT2D eigenvalue weighted by molar-refractivity contribution is 0.507. The van der Waals surface area contributed by atoms with Crippen molar-refractivity contribution in [2.24, 2.45) is 0 Å². The van der Waals surface area contributed by atoms with Crippen molar-refractivity contribution in [3.8, 4) is 78.4 Å². The summed E-state index contributed by atoms with van der Waals surface area (Å²) >= 11 is 0. The van der Waals surface area contributed by atoms with E-state index < -0.39 is 5.41 Å². The van der Waals surface area contributed by atoms with Crippen LogP contribution in [0.1, 0.15) is 22.5 Å². The Morgan fingerprint density at radius 1 is 0.345 bits per heavy atom. The first-order valence-corrected chi connectivity index (χ1v) is 19.8. The van der Waals surface area contributed by atoms with Crippen LogP contribution in [-0.2, 0) is 5.41 Å². The van der Waals surface area contributed by atoms with Crippen LogP contribution in [0.2, 0.25) is 0 Å². The van der Waals surface area contributed by atoms with Crippen molar-refractivity contribution in [1.29, 1.82) is 0 Å². The van der Waals surface area contributed by atoms with Crippen molar-refractivity contribution in [2.45, 2.75) is 5.41 Å². The Bertz CT molecular complexity index is 3170. The Labute approximate surface area is 336 Å². The summed E-state index contributed by atoms with van der Waals surface area (Å²) in [7, 11) is 0. The van der Waals surface area contributed by atoms with Gasteiger partial charge in [-0.25, -0.2) is 9.97 Å². The van der Waals surface area contributed by atoms with Crippen LogP contribution in [0.4, 0.5) is 0 Å². The zero-order valence-electron chi connectivity index (χ0n) is 31.4.